The van der Waals surface area contributed by atoms with Crippen LogP contribution in [0.4, 0.5) is 0 Å². The van der Waals surface area contributed by atoms with E-state index < -0.39 is 23.6 Å². The second kappa shape index (κ2) is 10.0. The maximum absolute atomic E-state index is 15.3. The molecule has 1 unspecified atom stereocenters. The van der Waals surface area contributed by atoms with Crippen LogP contribution in [0.25, 0.3) is 0 Å². The Bertz CT molecular complexity index is 1190. The third kappa shape index (κ3) is 5.04. The van der Waals surface area contributed by atoms with Gasteiger partial charge in [-0.1, -0.05) is 119 Å². The molecule has 5 heteroatoms. The van der Waals surface area contributed by atoms with Crippen molar-refractivity contribution in [3.8, 4) is 0 Å². The molecule has 186 valence electrons. The van der Waals surface area contributed by atoms with Gasteiger partial charge in [0.2, 0.25) is 0 Å². The Balaban J connectivity index is 2.07. The number of hydrogen-bond acceptors (Lipinski definition) is 3. The highest BCUT2D eigenvalue weighted by Gasteiger charge is 2.51. The van der Waals surface area contributed by atoms with Gasteiger partial charge in [-0.3, -0.25) is 4.03 Å². The molecule has 1 aliphatic carbocycles. The molecule has 0 radical (unpaired) electrons. The fraction of sp³-hybridized carbons (Fsp3) is 0.400. The van der Waals surface area contributed by atoms with Crippen LogP contribution in [0.5, 0.6) is 0 Å². The van der Waals surface area contributed by atoms with Gasteiger partial charge in [-0.25, -0.2) is 4.21 Å². The van der Waals surface area contributed by atoms with Crippen molar-refractivity contribution in [3.05, 3.63) is 91.0 Å². The highest BCUT2D eigenvalue weighted by molar-refractivity contribution is 7.94. The van der Waals surface area contributed by atoms with Crippen LogP contribution in [0, 0.1) is 5.92 Å². The second-order valence-corrected chi connectivity index (χ2v) is 18.0. The second-order valence-electron chi connectivity index (χ2n) is 11.1. The molecule has 0 aromatic heterocycles. The average Bonchev–Trinajstić information content (AvgIpc) is 2.85. The summed E-state index contributed by atoms with van der Waals surface area (Å²) in [5, 5.41) is 13.9. The normalized spacial score (nSPS) is 22.8. The molecule has 0 amide bonds. The molecule has 3 atom stereocenters. The van der Waals surface area contributed by atoms with E-state index in [1.165, 1.54) is 0 Å². The lowest BCUT2D eigenvalue weighted by atomic mass is 9.78. The zero-order valence-electron chi connectivity index (χ0n) is 21.5. The van der Waals surface area contributed by atoms with Crippen LogP contribution in [0.15, 0.2) is 99.9 Å². The minimum absolute atomic E-state index is 0.0927. The monoisotopic (exact) mass is 505 g/mol. The fourth-order valence-electron chi connectivity index (χ4n) is 5.61. The molecule has 0 heterocycles. The number of aliphatic hydroxyl groups is 1. The Morgan fingerprint density at radius 3 is 1.83 bits per heavy atom. The summed E-state index contributed by atoms with van der Waals surface area (Å²) in [6.45, 7) is 8.79. The molecule has 0 aliphatic heterocycles. The molecular weight excluding hydrogens is 466 g/mol. The van der Waals surface area contributed by atoms with E-state index in [0.717, 1.165) is 34.5 Å². The molecule has 4 rings (SSSR count). The third-order valence-corrected chi connectivity index (χ3v) is 16.4. The van der Waals surface area contributed by atoms with Gasteiger partial charge < -0.3 is 5.11 Å². The standard InChI is InChI=1S/C30H39NO2SSi/c1-25-16-14-15-23-30(25,32)24-34(33,26-17-8-5-9-18-26)31-35(29(2,3)4,27-19-10-6-11-20-27)28-21-12-7-13-22-28/h5-13,17-22,25,32H,14-16,23-24H2,1-4H3/t25-,30-,34?/m1/s1. The van der Waals surface area contributed by atoms with Crippen LogP contribution in [0.1, 0.15) is 53.4 Å². The first-order valence-electron chi connectivity index (χ1n) is 12.8. The van der Waals surface area contributed by atoms with Crippen molar-refractivity contribution >= 4 is 28.3 Å². The Kier molecular flexibility index (Phi) is 7.42. The molecule has 0 spiro atoms. The van der Waals surface area contributed by atoms with Gasteiger partial charge in [0.25, 0.3) is 8.24 Å². The molecule has 0 bridgehead atoms. The third-order valence-electron chi connectivity index (χ3n) is 7.72. The van der Waals surface area contributed by atoms with Crippen molar-refractivity contribution in [2.24, 2.45) is 9.95 Å². The van der Waals surface area contributed by atoms with Crippen LogP contribution < -0.4 is 10.4 Å². The van der Waals surface area contributed by atoms with E-state index in [1.54, 1.807) is 0 Å². The predicted octanol–water partition coefficient (Wildman–Crippen LogP) is 6.01. The van der Waals surface area contributed by atoms with Crippen molar-refractivity contribution in [2.45, 2.75) is 68.9 Å². The molecule has 1 N–H and O–H groups in total. The Labute approximate surface area is 212 Å². The van der Waals surface area contributed by atoms with Crippen molar-refractivity contribution in [1.82, 2.24) is 0 Å². The van der Waals surface area contributed by atoms with E-state index in [1.807, 2.05) is 42.5 Å². The highest BCUT2D eigenvalue weighted by Crippen LogP contribution is 2.41. The smallest absolute Gasteiger partial charge is 0.260 e. The topological polar surface area (TPSA) is 49.7 Å². The largest absolute Gasteiger partial charge is 0.389 e. The van der Waals surface area contributed by atoms with Gasteiger partial charge in [0.05, 0.1) is 21.1 Å². The summed E-state index contributed by atoms with van der Waals surface area (Å²) in [5.41, 5.74) is -0.986. The van der Waals surface area contributed by atoms with Crippen LogP contribution in [-0.2, 0) is 9.73 Å². The molecule has 1 saturated carbocycles. The predicted molar refractivity (Wildman–Crippen MR) is 150 cm³/mol. The van der Waals surface area contributed by atoms with E-state index in [0.29, 0.717) is 6.42 Å². The lowest BCUT2D eigenvalue weighted by Gasteiger charge is -2.43. The molecular formula is C30H39NO2SSi. The van der Waals surface area contributed by atoms with E-state index in [4.69, 9.17) is 4.03 Å². The van der Waals surface area contributed by atoms with Crippen molar-refractivity contribution < 1.29 is 9.32 Å². The van der Waals surface area contributed by atoms with E-state index >= 15 is 4.21 Å². The minimum Gasteiger partial charge on any atom is -0.389 e. The maximum atomic E-state index is 15.3. The quantitative estimate of drug-likeness (QED) is 0.417. The Morgan fingerprint density at radius 2 is 1.37 bits per heavy atom. The number of hydrogen-bond donors (Lipinski definition) is 1. The summed E-state index contributed by atoms with van der Waals surface area (Å²) in [6.07, 6.45) is 3.71. The Morgan fingerprint density at radius 1 is 0.886 bits per heavy atom. The highest BCUT2D eigenvalue weighted by atomic mass is 32.2. The van der Waals surface area contributed by atoms with Gasteiger partial charge in [-0.15, -0.1) is 0 Å². The summed E-state index contributed by atoms with van der Waals surface area (Å²) in [5.74, 6) is 0.269. The zero-order chi connectivity index (χ0) is 25.2. The van der Waals surface area contributed by atoms with Gasteiger partial charge in [-0.2, -0.15) is 0 Å². The minimum atomic E-state index is -2.97. The number of rotatable bonds is 6. The van der Waals surface area contributed by atoms with Gasteiger partial charge in [-0.05, 0) is 46.3 Å². The first kappa shape index (κ1) is 25.9. The lowest BCUT2D eigenvalue weighted by molar-refractivity contribution is -0.0203. The first-order chi connectivity index (χ1) is 16.6. The summed E-state index contributed by atoms with van der Waals surface area (Å²) in [4.78, 5) is 0.721. The maximum Gasteiger partial charge on any atom is 0.260 e. The first-order valence-corrected chi connectivity index (χ1v) is 16.4. The molecule has 3 aromatic rings. The number of benzene rings is 3. The van der Waals surface area contributed by atoms with Gasteiger partial charge in [0.1, 0.15) is 0 Å². The summed E-state index contributed by atoms with van der Waals surface area (Å²) in [7, 11) is -5.93. The van der Waals surface area contributed by atoms with Gasteiger partial charge in [0.15, 0.2) is 0 Å². The Hall–Kier alpha value is -2.21. The summed E-state index contributed by atoms with van der Waals surface area (Å²) in [6, 6.07) is 30.6. The number of nitrogens with zero attached hydrogens (tertiary/aromatic N) is 1. The molecule has 3 nitrogen and oxygen atoms in total. The molecule has 1 fully saturated rings. The fourth-order valence-corrected chi connectivity index (χ4v) is 15.3. The lowest BCUT2D eigenvalue weighted by Crippen LogP contribution is -2.64. The van der Waals surface area contributed by atoms with Crippen molar-refractivity contribution in [3.63, 3.8) is 0 Å². The zero-order valence-corrected chi connectivity index (χ0v) is 23.3. The average molecular weight is 506 g/mol. The van der Waals surface area contributed by atoms with E-state index in [9.17, 15) is 5.11 Å². The van der Waals surface area contributed by atoms with Gasteiger partial charge in [0, 0.05) is 4.90 Å². The van der Waals surface area contributed by atoms with E-state index in [2.05, 4.69) is 76.2 Å². The molecule has 0 saturated heterocycles. The van der Waals surface area contributed by atoms with Gasteiger partial charge >= 0.3 is 0 Å². The van der Waals surface area contributed by atoms with Crippen LogP contribution in [-0.4, -0.2) is 28.9 Å². The van der Waals surface area contributed by atoms with Crippen molar-refractivity contribution in [1.29, 1.82) is 0 Å². The van der Waals surface area contributed by atoms with E-state index in [-0.39, 0.29) is 16.7 Å². The molecule has 3 aromatic carbocycles. The molecule has 1 aliphatic rings. The SMILES string of the molecule is C[C@@H]1CCCC[C@@]1(O)CS(=O)(=N[Si](c1ccccc1)(c1ccccc1)C(C)(C)C)c1ccccc1. The summed E-state index contributed by atoms with van der Waals surface area (Å²) < 4.78 is 20.9. The summed E-state index contributed by atoms with van der Waals surface area (Å²) >= 11 is 0. The van der Waals surface area contributed by atoms with Crippen molar-refractivity contribution in [2.75, 3.05) is 5.75 Å². The van der Waals surface area contributed by atoms with Crippen LogP contribution >= 0.6 is 0 Å². The van der Waals surface area contributed by atoms with Crippen LogP contribution in [0.3, 0.4) is 0 Å². The van der Waals surface area contributed by atoms with Crippen LogP contribution in [0.2, 0.25) is 5.04 Å². The molecule has 35 heavy (non-hydrogen) atoms.